The highest BCUT2D eigenvalue weighted by Crippen LogP contribution is 2.22. The lowest BCUT2D eigenvalue weighted by molar-refractivity contribution is 0.340. The molecule has 4 heteroatoms. The van der Waals surface area contributed by atoms with Gasteiger partial charge in [0, 0.05) is 24.0 Å². The molecular weight excluding hydrogens is 262 g/mol. The van der Waals surface area contributed by atoms with Crippen LogP contribution in [-0.2, 0) is 12.1 Å². The fourth-order valence-corrected chi connectivity index (χ4v) is 2.11. The van der Waals surface area contributed by atoms with Crippen molar-refractivity contribution in [3.63, 3.8) is 0 Å². The molecule has 1 aromatic heterocycles. The third-order valence-electron chi connectivity index (χ3n) is 3.32. The molecular formula is C17H25N3O. The number of ether oxygens (including phenoxy) is 1. The number of aromatic nitrogens is 2. The average molecular weight is 287 g/mol. The van der Waals surface area contributed by atoms with Crippen LogP contribution in [-0.4, -0.2) is 16.4 Å². The van der Waals surface area contributed by atoms with Crippen LogP contribution < -0.4 is 10.1 Å². The van der Waals surface area contributed by atoms with Gasteiger partial charge < -0.3 is 10.1 Å². The minimum absolute atomic E-state index is 0.0211. The Morgan fingerprint density at radius 3 is 2.62 bits per heavy atom. The molecule has 0 spiro atoms. The first-order chi connectivity index (χ1) is 9.90. The van der Waals surface area contributed by atoms with E-state index in [1.165, 1.54) is 11.1 Å². The van der Waals surface area contributed by atoms with Gasteiger partial charge in [-0.1, -0.05) is 0 Å². The third kappa shape index (κ3) is 4.00. The highest BCUT2D eigenvalue weighted by molar-refractivity contribution is 5.53. The van der Waals surface area contributed by atoms with Crippen molar-refractivity contribution in [3.8, 4) is 5.75 Å². The van der Waals surface area contributed by atoms with E-state index < -0.39 is 0 Å². The molecule has 2 aromatic rings. The summed E-state index contributed by atoms with van der Waals surface area (Å²) in [6.45, 7) is 12.0. The normalized spacial score (nSPS) is 11.5. The van der Waals surface area contributed by atoms with Gasteiger partial charge in [-0.2, -0.15) is 5.10 Å². The largest absolute Gasteiger partial charge is 0.494 e. The highest BCUT2D eigenvalue weighted by atomic mass is 16.5. The van der Waals surface area contributed by atoms with Crippen LogP contribution in [0.1, 0.15) is 38.8 Å². The second-order valence-electron chi connectivity index (χ2n) is 6.23. The number of aryl methyl sites for hydroxylation is 1. The number of nitrogens with one attached hydrogen (secondary N) is 1. The lowest BCUT2D eigenvalue weighted by Gasteiger charge is -2.18. The Bertz CT molecular complexity index is 596. The summed E-state index contributed by atoms with van der Waals surface area (Å²) in [5, 5.41) is 7.87. The lowest BCUT2D eigenvalue weighted by atomic mass is 10.1. The molecule has 21 heavy (non-hydrogen) atoms. The molecule has 1 heterocycles. The summed E-state index contributed by atoms with van der Waals surface area (Å²) in [5.74, 6) is 0.918. The first-order valence-corrected chi connectivity index (χ1v) is 7.41. The van der Waals surface area contributed by atoms with Crippen LogP contribution in [0.2, 0.25) is 0 Å². The molecule has 4 nitrogen and oxygen atoms in total. The van der Waals surface area contributed by atoms with Gasteiger partial charge in [-0.3, -0.25) is 4.68 Å². The van der Waals surface area contributed by atoms with Crippen LogP contribution in [0.25, 0.3) is 0 Å². The molecule has 2 rings (SSSR count). The van der Waals surface area contributed by atoms with Crippen LogP contribution >= 0.6 is 0 Å². The van der Waals surface area contributed by atoms with Crippen molar-refractivity contribution < 1.29 is 4.74 Å². The second-order valence-corrected chi connectivity index (χ2v) is 6.23. The maximum Gasteiger partial charge on any atom is 0.119 e. The summed E-state index contributed by atoms with van der Waals surface area (Å²) in [7, 11) is 0. The first-order valence-electron chi connectivity index (χ1n) is 7.41. The van der Waals surface area contributed by atoms with Crippen LogP contribution in [0.3, 0.4) is 0 Å². The predicted molar refractivity (Wildman–Crippen MR) is 86.9 cm³/mol. The molecule has 0 aliphatic heterocycles. The topological polar surface area (TPSA) is 39.1 Å². The molecule has 0 radical (unpaired) electrons. The number of anilines is 1. The van der Waals surface area contributed by atoms with Gasteiger partial charge in [-0.05, 0) is 58.4 Å². The minimum Gasteiger partial charge on any atom is -0.494 e. The van der Waals surface area contributed by atoms with Gasteiger partial charge in [0.1, 0.15) is 5.75 Å². The summed E-state index contributed by atoms with van der Waals surface area (Å²) in [6, 6.07) is 6.12. The Morgan fingerprint density at radius 1 is 1.29 bits per heavy atom. The van der Waals surface area contributed by atoms with Crippen molar-refractivity contribution in [1.82, 2.24) is 9.78 Å². The van der Waals surface area contributed by atoms with E-state index in [0.717, 1.165) is 18.0 Å². The zero-order chi connectivity index (χ0) is 15.5. The maximum atomic E-state index is 5.50. The molecule has 114 valence electrons. The average Bonchev–Trinajstić information content (AvgIpc) is 2.87. The van der Waals surface area contributed by atoms with Gasteiger partial charge >= 0.3 is 0 Å². The molecule has 0 saturated carbocycles. The van der Waals surface area contributed by atoms with Crippen molar-refractivity contribution in [2.75, 3.05) is 11.9 Å². The van der Waals surface area contributed by atoms with E-state index in [-0.39, 0.29) is 5.54 Å². The predicted octanol–water partition coefficient (Wildman–Crippen LogP) is 3.96. The van der Waals surface area contributed by atoms with Crippen LogP contribution in [0.4, 0.5) is 5.69 Å². The fourth-order valence-electron chi connectivity index (χ4n) is 2.11. The van der Waals surface area contributed by atoms with E-state index in [2.05, 4.69) is 56.4 Å². The van der Waals surface area contributed by atoms with Crippen molar-refractivity contribution in [2.24, 2.45) is 0 Å². The third-order valence-corrected chi connectivity index (χ3v) is 3.32. The summed E-state index contributed by atoms with van der Waals surface area (Å²) in [5.41, 5.74) is 3.51. The van der Waals surface area contributed by atoms with Crippen LogP contribution in [0.5, 0.6) is 5.75 Å². The van der Waals surface area contributed by atoms with Crippen molar-refractivity contribution in [1.29, 1.82) is 0 Å². The van der Waals surface area contributed by atoms with Gasteiger partial charge in [0.05, 0.1) is 18.3 Å². The molecule has 0 saturated heterocycles. The van der Waals surface area contributed by atoms with Gasteiger partial charge in [0.25, 0.3) is 0 Å². The zero-order valence-electron chi connectivity index (χ0n) is 13.6. The molecule has 0 amide bonds. The smallest absolute Gasteiger partial charge is 0.119 e. The first kappa shape index (κ1) is 15.4. The monoisotopic (exact) mass is 287 g/mol. The lowest BCUT2D eigenvalue weighted by Crippen LogP contribution is -2.21. The molecule has 1 aromatic carbocycles. The van der Waals surface area contributed by atoms with Gasteiger partial charge in [-0.15, -0.1) is 0 Å². The highest BCUT2D eigenvalue weighted by Gasteiger charge is 2.13. The zero-order valence-corrected chi connectivity index (χ0v) is 13.6. The van der Waals surface area contributed by atoms with Crippen molar-refractivity contribution in [2.45, 2.75) is 46.7 Å². The second kappa shape index (κ2) is 6.20. The Kier molecular flexibility index (Phi) is 4.56. The molecule has 0 atom stereocenters. The Hall–Kier alpha value is -1.97. The molecule has 0 aliphatic rings. The van der Waals surface area contributed by atoms with E-state index in [9.17, 15) is 0 Å². The van der Waals surface area contributed by atoms with E-state index >= 15 is 0 Å². The summed E-state index contributed by atoms with van der Waals surface area (Å²) in [6.07, 6.45) is 4.01. The van der Waals surface area contributed by atoms with Gasteiger partial charge in [-0.25, -0.2) is 0 Å². The van der Waals surface area contributed by atoms with Crippen molar-refractivity contribution >= 4 is 5.69 Å². The fraction of sp³-hybridized carbons (Fsp3) is 0.471. The number of hydrogen-bond acceptors (Lipinski definition) is 3. The molecule has 0 aliphatic carbocycles. The molecule has 0 unspecified atom stereocenters. The van der Waals surface area contributed by atoms with Crippen molar-refractivity contribution in [3.05, 3.63) is 41.7 Å². The Labute approximate surface area is 127 Å². The summed E-state index contributed by atoms with van der Waals surface area (Å²) in [4.78, 5) is 0. The standard InChI is InChI=1S/C17H25N3O/c1-6-21-15-7-8-16(13(2)9-15)18-10-14-11-19-20(12-14)17(3,4)5/h7-9,11-12,18H,6,10H2,1-5H3. The van der Waals surface area contributed by atoms with E-state index in [4.69, 9.17) is 4.74 Å². The van der Waals surface area contributed by atoms with Crippen LogP contribution in [0, 0.1) is 6.92 Å². The van der Waals surface area contributed by atoms with E-state index in [1.807, 2.05) is 23.9 Å². The molecule has 1 N–H and O–H groups in total. The number of hydrogen-bond donors (Lipinski definition) is 1. The number of nitrogens with zero attached hydrogens (tertiary/aromatic N) is 2. The Balaban J connectivity index is 2.01. The SMILES string of the molecule is CCOc1ccc(NCc2cnn(C(C)(C)C)c2)c(C)c1. The van der Waals surface area contributed by atoms with Gasteiger partial charge in [0.2, 0.25) is 0 Å². The quantitative estimate of drug-likeness (QED) is 0.904. The number of rotatable bonds is 5. The molecule has 0 fully saturated rings. The van der Waals surface area contributed by atoms with Crippen LogP contribution in [0.15, 0.2) is 30.6 Å². The minimum atomic E-state index is 0.0211. The number of benzene rings is 1. The van der Waals surface area contributed by atoms with E-state index in [0.29, 0.717) is 6.61 Å². The van der Waals surface area contributed by atoms with Gasteiger partial charge in [0.15, 0.2) is 0 Å². The summed E-state index contributed by atoms with van der Waals surface area (Å²) >= 11 is 0. The van der Waals surface area contributed by atoms with E-state index in [1.54, 1.807) is 0 Å². The maximum absolute atomic E-state index is 5.50. The summed E-state index contributed by atoms with van der Waals surface area (Å²) < 4.78 is 7.50. The molecule has 0 bridgehead atoms. The Morgan fingerprint density at radius 2 is 2.05 bits per heavy atom.